The van der Waals surface area contributed by atoms with Crippen molar-refractivity contribution in [3.05, 3.63) is 71.8 Å². The third kappa shape index (κ3) is 4.95. The first-order valence-corrected chi connectivity index (χ1v) is 11.6. The molecule has 4 rings (SSSR count). The van der Waals surface area contributed by atoms with E-state index in [0.29, 0.717) is 47.1 Å². The van der Waals surface area contributed by atoms with E-state index in [2.05, 4.69) is 4.98 Å². The van der Waals surface area contributed by atoms with E-state index in [-0.39, 0.29) is 17.9 Å². The zero-order valence-corrected chi connectivity index (χ0v) is 21.1. The molecule has 10 nitrogen and oxygen atoms in total. The van der Waals surface area contributed by atoms with Gasteiger partial charge in [-0.15, -0.1) is 0 Å². The van der Waals surface area contributed by atoms with Crippen LogP contribution in [0.3, 0.4) is 0 Å². The van der Waals surface area contributed by atoms with Crippen LogP contribution in [0.4, 0.5) is 0 Å². The molecule has 0 saturated carbocycles. The highest BCUT2D eigenvalue weighted by atomic mass is 16.5. The van der Waals surface area contributed by atoms with Crippen LogP contribution in [0.2, 0.25) is 0 Å². The van der Waals surface area contributed by atoms with Gasteiger partial charge in [0.25, 0.3) is 11.7 Å². The van der Waals surface area contributed by atoms with E-state index in [9.17, 15) is 14.7 Å². The van der Waals surface area contributed by atoms with E-state index in [4.69, 9.17) is 18.9 Å². The maximum Gasteiger partial charge on any atom is 0.295 e. The summed E-state index contributed by atoms with van der Waals surface area (Å²) in [6, 6.07) is 9.15. The number of rotatable bonds is 10. The first-order chi connectivity index (χ1) is 17.9. The van der Waals surface area contributed by atoms with Crippen LogP contribution >= 0.6 is 0 Å². The Morgan fingerprint density at radius 2 is 1.70 bits per heavy atom. The van der Waals surface area contributed by atoms with Gasteiger partial charge in [-0.05, 0) is 36.2 Å². The summed E-state index contributed by atoms with van der Waals surface area (Å²) in [5.41, 5.74) is 0.851. The van der Waals surface area contributed by atoms with E-state index in [0.717, 1.165) is 0 Å². The number of amides is 1. The Hall–Kier alpha value is -4.47. The summed E-state index contributed by atoms with van der Waals surface area (Å²) in [5.74, 6) is -0.172. The minimum atomic E-state index is -0.886. The number of nitrogens with zero attached hydrogens (tertiary/aromatic N) is 3. The third-order valence-electron chi connectivity index (χ3n) is 6.26. The minimum Gasteiger partial charge on any atom is -0.507 e. The van der Waals surface area contributed by atoms with Crippen LogP contribution in [-0.4, -0.2) is 66.2 Å². The number of ketones is 1. The molecule has 0 spiro atoms. The second-order valence-corrected chi connectivity index (χ2v) is 8.34. The number of aromatic nitrogens is 2. The normalized spacial score (nSPS) is 16.6. The molecule has 1 aliphatic heterocycles. The van der Waals surface area contributed by atoms with Crippen LogP contribution in [-0.2, 0) is 16.1 Å². The van der Waals surface area contributed by atoms with Crippen molar-refractivity contribution in [1.82, 2.24) is 14.5 Å². The summed E-state index contributed by atoms with van der Waals surface area (Å²) < 4.78 is 23.6. The average Bonchev–Trinajstić information content (AvgIpc) is 3.54. The van der Waals surface area contributed by atoms with Crippen molar-refractivity contribution in [2.45, 2.75) is 19.0 Å². The number of aliphatic hydroxyl groups excluding tert-OH is 1. The van der Waals surface area contributed by atoms with E-state index >= 15 is 0 Å². The predicted octanol–water partition coefficient (Wildman–Crippen LogP) is 3.43. The molecule has 1 aliphatic rings. The number of hydrogen-bond acceptors (Lipinski definition) is 8. The fraction of sp³-hybridized carbons (Fsp3) is 0.296. The van der Waals surface area contributed by atoms with E-state index in [1.54, 1.807) is 48.9 Å². The van der Waals surface area contributed by atoms with Crippen molar-refractivity contribution in [1.29, 1.82) is 0 Å². The summed E-state index contributed by atoms with van der Waals surface area (Å²) in [5, 5.41) is 11.3. The molecule has 1 aromatic heterocycles. The highest BCUT2D eigenvalue weighted by Crippen LogP contribution is 2.45. The Labute approximate surface area is 214 Å². The van der Waals surface area contributed by atoms with Gasteiger partial charge in [-0.1, -0.05) is 12.1 Å². The fourth-order valence-corrected chi connectivity index (χ4v) is 4.48. The number of carbonyl (C=O) groups excluding carboxylic acids is 2. The Bertz CT molecular complexity index is 1290. The molecule has 1 saturated heterocycles. The molecule has 0 aliphatic carbocycles. The van der Waals surface area contributed by atoms with E-state index in [1.807, 2.05) is 10.8 Å². The van der Waals surface area contributed by atoms with Gasteiger partial charge >= 0.3 is 0 Å². The molecule has 1 atom stereocenters. The topological polar surface area (TPSA) is 112 Å². The fourth-order valence-electron chi connectivity index (χ4n) is 4.48. The molecular formula is C27H29N3O7. The largest absolute Gasteiger partial charge is 0.507 e. The Morgan fingerprint density at radius 1 is 0.973 bits per heavy atom. The lowest BCUT2D eigenvalue weighted by Crippen LogP contribution is -2.31. The third-order valence-corrected chi connectivity index (χ3v) is 6.26. The van der Waals surface area contributed by atoms with Gasteiger partial charge in [0, 0.05) is 31.0 Å². The van der Waals surface area contributed by atoms with E-state index in [1.165, 1.54) is 33.3 Å². The lowest BCUT2D eigenvalue weighted by molar-refractivity contribution is -0.139. The van der Waals surface area contributed by atoms with Gasteiger partial charge in [-0.2, -0.15) is 0 Å². The van der Waals surface area contributed by atoms with Crippen LogP contribution in [0, 0.1) is 0 Å². The molecular weight excluding hydrogens is 478 g/mol. The molecule has 1 N–H and O–H groups in total. The van der Waals surface area contributed by atoms with Crippen molar-refractivity contribution in [3.63, 3.8) is 0 Å². The summed E-state index contributed by atoms with van der Waals surface area (Å²) >= 11 is 0. The van der Waals surface area contributed by atoms with Gasteiger partial charge in [0.05, 0.1) is 46.4 Å². The second kappa shape index (κ2) is 11.1. The molecule has 0 unspecified atom stereocenters. The van der Waals surface area contributed by atoms with Crippen molar-refractivity contribution < 1.29 is 33.6 Å². The zero-order chi connectivity index (χ0) is 26.5. The van der Waals surface area contributed by atoms with Gasteiger partial charge in [-0.25, -0.2) is 4.98 Å². The van der Waals surface area contributed by atoms with Crippen molar-refractivity contribution in [2.24, 2.45) is 0 Å². The highest BCUT2D eigenvalue weighted by molar-refractivity contribution is 6.46. The number of benzene rings is 2. The summed E-state index contributed by atoms with van der Waals surface area (Å²) in [4.78, 5) is 32.1. The number of carbonyl (C=O) groups is 2. The number of aryl methyl sites for hydroxylation is 1. The van der Waals surface area contributed by atoms with Crippen LogP contribution in [0.15, 0.2) is 60.7 Å². The van der Waals surface area contributed by atoms with Crippen molar-refractivity contribution >= 4 is 17.4 Å². The van der Waals surface area contributed by atoms with Crippen LogP contribution in [0.5, 0.6) is 23.0 Å². The number of Topliss-reactive ketones (excluding diaryl/α,β-unsaturated/α-hetero) is 1. The minimum absolute atomic E-state index is 0.0323. The maximum atomic E-state index is 13.3. The number of hydrogen-bond donors (Lipinski definition) is 1. The monoisotopic (exact) mass is 507 g/mol. The summed E-state index contributed by atoms with van der Waals surface area (Å²) in [6.45, 7) is 0.861. The van der Waals surface area contributed by atoms with Crippen LogP contribution in [0.25, 0.3) is 5.76 Å². The van der Waals surface area contributed by atoms with Gasteiger partial charge in [-0.3, -0.25) is 9.59 Å². The lowest BCUT2D eigenvalue weighted by atomic mass is 9.94. The molecule has 2 heterocycles. The predicted molar refractivity (Wildman–Crippen MR) is 135 cm³/mol. The number of likely N-dealkylation sites (tertiary alicyclic amines) is 1. The average molecular weight is 508 g/mol. The Morgan fingerprint density at radius 3 is 2.30 bits per heavy atom. The maximum absolute atomic E-state index is 13.3. The lowest BCUT2D eigenvalue weighted by Gasteiger charge is -2.26. The molecule has 10 heteroatoms. The quantitative estimate of drug-likeness (QED) is 0.252. The number of aliphatic hydroxyl groups is 1. The Kier molecular flexibility index (Phi) is 7.66. The summed E-state index contributed by atoms with van der Waals surface area (Å²) in [6.07, 6.45) is 5.75. The molecule has 1 fully saturated rings. The number of ether oxygens (including phenoxy) is 4. The highest BCUT2D eigenvalue weighted by Gasteiger charge is 2.46. The molecule has 37 heavy (non-hydrogen) atoms. The van der Waals surface area contributed by atoms with Gasteiger partial charge < -0.3 is 33.5 Å². The first-order valence-electron chi connectivity index (χ1n) is 11.6. The SMILES string of the molecule is COc1cccc(/C(O)=C2\C(=O)C(=O)N(CCCn3ccnc3)[C@@H]2c2cc(OC)c(OC)c(OC)c2)c1. The van der Waals surface area contributed by atoms with Crippen LogP contribution in [0.1, 0.15) is 23.6 Å². The number of methoxy groups -OCH3 is 4. The Balaban J connectivity index is 1.84. The van der Waals surface area contributed by atoms with E-state index < -0.39 is 17.7 Å². The molecule has 0 radical (unpaired) electrons. The molecule has 0 bridgehead atoms. The first kappa shape index (κ1) is 25.6. The van der Waals surface area contributed by atoms with Gasteiger partial charge in [0.1, 0.15) is 11.5 Å². The molecule has 194 valence electrons. The van der Waals surface area contributed by atoms with Crippen LogP contribution < -0.4 is 18.9 Å². The molecule has 1 amide bonds. The standard InChI is InChI=1S/C27H29N3O7/c1-34-19-8-5-7-17(13-19)24(31)22-23(18-14-20(35-2)26(37-4)21(15-18)36-3)30(27(33)25(22)32)11-6-10-29-12-9-28-16-29/h5,7-9,12-16,23,31H,6,10-11H2,1-4H3/b24-22+/t23-/m1/s1. The van der Waals surface area contributed by atoms with Gasteiger partial charge in [0.15, 0.2) is 11.5 Å². The van der Waals surface area contributed by atoms with Crippen molar-refractivity contribution in [3.8, 4) is 23.0 Å². The smallest absolute Gasteiger partial charge is 0.295 e. The van der Waals surface area contributed by atoms with Crippen molar-refractivity contribution in [2.75, 3.05) is 35.0 Å². The second-order valence-electron chi connectivity index (χ2n) is 8.34. The summed E-state index contributed by atoms with van der Waals surface area (Å²) in [7, 11) is 5.97. The zero-order valence-electron chi connectivity index (χ0n) is 21.1. The number of imidazole rings is 1. The molecule has 2 aromatic carbocycles. The van der Waals surface area contributed by atoms with Gasteiger partial charge in [0.2, 0.25) is 5.75 Å². The molecule has 3 aromatic rings.